The highest BCUT2D eigenvalue weighted by molar-refractivity contribution is 5.95. The van der Waals surface area contributed by atoms with Gasteiger partial charge in [-0.2, -0.15) is 0 Å². The van der Waals surface area contributed by atoms with Crippen LogP contribution < -0.4 is 9.47 Å². The summed E-state index contributed by atoms with van der Waals surface area (Å²) in [5, 5.41) is 9.91. The van der Waals surface area contributed by atoms with Crippen molar-refractivity contribution in [1.82, 2.24) is 0 Å². The lowest BCUT2D eigenvalue weighted by atomic mass is 9.86. The second kappa shape index (κ2) is 6.60. The number of fused-ring (bicyclic) bond motifs is 1. The van der Waals surface area contributed by atoms with Crippen LogP contribution in [-0.2, 0) is 0 Å². The van der Waals surface area contributed by atoms with Crippen LogP contribution in [-0.4, -0.2) is 12.2 Å². The van der Waals surface area contributed by atoms with Gasteiger partial charge in [-0.1, -0.05) is 42.5 Å². The molecule has 0 aliphatic carbocycles. The first-order valence-electron chi connectivity index (χ1n) is 8.57. The molecular formula is C23H20O3. The third-order valence-electron chi connectivity index (χ3n) is 4.78. The van der Waals surface area contributed by atoms with E-state index in [4.69, 9.17) is 9.47 Å². The molecule has 0 fully saturated rings. The van der Waals surface area contributed by atoms with E-state index in [1.165, 1.54) is 0 Å². The third-order valence-corrected chi connectivity index (χ3v) is 4.78. The number of aromatic hydroxyl groups is 1. The summed E-state index contributed by atoms with van der Waals surface area (Å²) >= 11 is 0. The van der Waals surface area contributed by atoms with Crippen LogP contribution in [0.3, 0.4) is 0 Å². The zero-order chi connectivity index (χ0) is 18.1. The Hall–Kier alpha value is -3.20. The first kappa shape index (κ1) is 16.3. The standard InChI is InChI=1S/C23H20O3/c1-15-20-14-18(24)10-13-21(20)26-23(17-8-11-19(25-2)12-9-17)22(15)16-6-4-3-5-7-16/h3-14,23-24H,1-2H3. The van der Waals surface area contributed by atoms with Crippen LogP contribution in [0.15, 0.2) is 72.8 Å². The first-order chi connectivity index (χ1) is 12.7. The van der Waals surface area contributed by atoms with Gasteiger partial charge in [0.05, 0.1) is 7.11 Å². The van der Waals surface area contributed by atoms with Crippen molar-refractivity contribution in [2.24, 2.45) is 0 Å². The van der Waals surface area contributed by atoms with Gasteiger partial charge in [0, 0.05) is 11.1 Å². The Balaban J connectivity index is 1.90. The number of hydrogen-bond donors (Lipinski definition) is 1. The summed E-state index contributed by atoms with van der Waals surface area (Å²) in [6.07, 6.45) is -0.222. The summed E-state index contributed by atoms with van der Waals surface area (Å²) in [7, 11) is 1.66. The Morgan fingerprint density at radius 3 is 2.35 bits per heavy atom. The predicted molar refractivity (Wildman–Crippen MR) is 103 cm³/mol. The SMILES string of the molecule is COc1ccc(C2Oc3ccc(O)cc3C(C)=C2c2ccccc2)cc1. The van der Waals surface area contributed by atoms with E-state index in [-0.39, 0.29) is 11.9 Å². The summed E-state index contributed by atoms with van der Waals surface area (Å²) in [4.78, 5) is 0. The van der Waals surface area contributed by atoms with Crippen LogP contribution in [0.2, 0.25) is 0 Å². The lowest BCUT2D eigenvalue weighted by Crippen LogP contribution is -2.16. The van der Waals surface area contributed by atoms with Crippen molar-refractivity contribution >= 4 is 11.1 Å². The minimum Gasteiger partial charge on any atom is -0.508 e. The highest BCUT2D eigenvalue weighted by Crippen LogP contribution is 2.47. The number of hydrogen-bond acceptors (Lipinski definition) is 3. The molecule has 130 valence electrons. The highest BCUT2D eigenvalue weighted by Gasteiger charge is 2.29. The van der Waals surface area contributed by atoms with Crippen LogP contribution >= 0.6 is 0 Å². The maximum Gasteiger partial charge on any atom is 0.150 e. The number of rotatable bonds is 3. The van der Waals surface area contributed by atoms with Crippen molar-refractivity contribution in [3.05, 3.63) is 89.5 Å². The Labute approximate surface area is 153 Å². The zero-order valence-electron chi connectivity index (χ0n) is 14.8. The fraction of sp³-hybridized carbons (Fsp3) is 0.130. The van der Waals surface area contributed by atoms with E-state index in [2.05, 4.69) is 19.1 Å². The first-order valence-corrected chi connectivity index (χ1v) is 8.57. The van der Waals surface area contributed by atoms with Gasteiger partial charge >= 0.3 is 0 Å². The monoisotopic (exact) mass is 344 g/mol. The summed E-state index contributed by atoms with van der Waals surface area (Å²) < 4.78 is 11.7. The Bertz CT molecular complexity index is 957. The van der Waals surface area contributed by atoms with Gasteiger partial charge in [-0.3, -0.25) is 0 Å². The number of allylic oxidation sites excluding steroid dienone is 1. The largest absolute Gasteiger partial charge is 0.508 e. The van der Waals surface area contributed by atoms with E-state index >= 15 is 0 Å². The van der Waals surface area contributed by atoms with E-state index in [9.17, 15) is 5.11 Å². The van der Waals surface area contributed by atoms with Gasteiger partial charge in [-0.25, -0.2) is 0 Å². The molecule has 1 N–H and O–H groups in total. The van der Waals surface area contributed by atoms with E-state index in [1.54, 1.807) is 19.2 Å². The Kier molecular flexibility index (Phi) is 4.13. The van der Waals surface area contributed by atoms with Gasteiger partial charge in [0.15, 0.2) is 0 Å². The molecule has 0 bridgehead atoms. The lowest BCUT2D eigenvalue weighted by molar-refractivity contribution is 0.259. The number of ether oxygens (including phenoxy) is 2. The molecule has 1 unspecified atom stereocenters. The van der Waals surface area contributed by atoms with E-state index in [0.717, 1.165) is 39.3 Å². The highest BCUT2D eigenvalue weighted by atomic mass is 16.5. The Morgan fingerprint density at radius 2 is 1.65 bits per heavy atom. The van der Waals surface area contributed by atoms with Gasteiger partial charge in [-0.15, -0.1) is 0 Å². The molecule has 4 rings (SSSR count). The van der Waals surface area contributed by atoms with Crippen molar-refractivity contribution in [1.29, 1.82) is 0 Å². The van der Waals surface area contributed by atoms with Gasteiger partial charge in [-0.05, 0) is 54.0 Å². The summed E-state index contributed by atoms with van der Waals surface area (Å²) in [6.45, 7) is 2.08. The van der Waals surface area contributed by atoms with Gasteiger partial charge < -0.3 is 14.6 Å². The molecule has 1 atom stereocenters. The maximum atomic E-state index is 9.91. The molecule has 1 heterocycles. The van der Waals surface area contributed by atoms with Crippen molar-refractivity contribution < 1.29 is 14.6 Å². The molecule has 0 amide bonds. The quantitative estimate of drug-likeness (QED) is 0.685. The zero-order valence-corrected chi connectivity index (χ0v) is 14.8. The summed E-state index contributed by atoms with van der Waals surface area (Å²) in [6, 6.07) is 23.4. The molecule has 3 aromatic carbocycles. The van der Waals surface area contributed by atoms with E-state index in [1.807, 2.05) is 48.5 Å². The molecule has 0 radical (unpaired) electrons. The third kappa shape index (κ3) is 2.82. The fourth-order valence-corrected chi connectivity index (χ4v) is 3.44. The van der Waals surface area contributed by atoms with Crippen LogP contribution in [0.5, 0.6) is 17.2 Å². The molecule has 26 heavy (non-hydrogen) atoms. The molecule has 3 nitrogen and oxygen atoms in total. The van der Waals surface area contributed by atoms with Gasteiger partial charge in [0.1, 0.15) is 23.4 Å². The topological polar surface area (TPSA) is 38.7 Å². The van der Waals surface area contributed by atoms with E-state index in [0.29, 0.717) is 0 Å². The van der Waals surface area contributed by atoms with Crippen LogP contribution in [0.1, 0.15) is 29.7 Å². The molecule has 0 saturated heterocycles. The number of phenolic OH excluding ortho intramolecular Hbond substituents is 1. The minimum absolute atomic E-state index is 0.222. The Morgan fingerprint density at radius 1 is 0.923 bits per heavy atom. The van der Waals surface area contributed by atoms with Crippen molar-refractivity contribution in [2.45, 2.75) is 13.0 Å². The van der Waals surface area contributed by atoms with Crippen LogP contribution in [0.25, 0.3) is 11.1 Å². The lowest BCUT2D eigenvalue weighted by Gasteiger charge is -2.31. The van der Waals surface area contributed by atoms with Gasteiger partial charge in [0.2, 0.25) is 0 Å². The summed E-state index contributed by atoms with van der Waals surface area (Å²) in [5.74, 6) is 1.83. The molecule has 0 saturated carbocycles. The molecule has 3 aromatic rings. The van der Waals surface area contributed by atoms with Crippen LogP contribution in [0.4, 0.5) is 0 Å². The molecule has 0 spiro atoms. The molecule has 1 aliphatic rings. The van der Waals surface area contributed by atoms with E-state index < -0.39 is 0 Å². The smallest absolute Gasteiger partial charge is 0.150 e. The average molecular weight is 344 g/mol. The predicted octanol–water partition coefficient (Wildman–Crippen LogP) is 5.47. The molecule has 1 aliphatic heterocycles. The average Bonchev–Trinajstić information content (AvgIpc) is 2.69. The number of benzene rings is 3. The minimum atomic E-state index is -0.222. The van der Waals surface area contributed by atoms with Gasteiger partial charge in [0.25, 0.3) is 0 Å². The maximum absolute atomic E-state index is 9.91. The summed E-state index contributed by atoms with van der Waals surface area (Å²) in [5.41, 5.74) is 5.30. The van der Waals surface area contributed by atoms with Crippen molar-refractivity contribution in [3.8, 4) is 17.2 Å². The molecule has 3 heteroatoms. The normalized spacial score (nSPS) is 16.0. The molecule has 0 aromatic heterocycles. The van der Waals surface area contributed by atoms with Crippen molar-refractivity contribution in [3.63, 3.8) is 0 Å². The second-order valence-electron chi connectivity index (χ2n) is 6.36. The molecular weight excluding hydrogens is 324 g/mol. The second-order valence-corrected chi connectivity index (χ2v) is 6.36. The number of methoxy groups -OCH3 is 1. The van der Waals surface area contributed by atoms with Crippen LogP contribution in [0, 0.1) is 0 Å². The van der Waals surface area contributed by atoms with Crippen molar-refractivity contribution in [2.75, 3.05) is 7.11 Å². The fourth-order valence-electron chi connectivity index (χ4n) is 3.44. The number of phenols is 1.